The zero-order valence-electron chi connectivity index (χ0n) is 50.5. The van der Waals surface area contributed by atoms with E-state index in [-0.39, 0.29) is 67.6 Å². The molecular formula is C58H95N5O18. The summed E-state index contributed by atoms with van der Waals surface area (Å²) in [4.78, 5) is 72.8. The first-order chi connectivity index (χ1) is 38.2. The van der Waals surface area contributed by atoms with Gasteiger partial charge in [-0.3, -0.25) is 29.1 Å². The summed E-state index contributed by atoms with van der Waals surface area (Å²) in [5, 5.41) is 42.3. The van der Waals surface area contributed by atoms with Gasteiger partial charge in [0.2, 0.25) is 0 Å². The summed E-state index contributed by atoms with van der Waals surface area (Å²) in [6.45, 7) is 23.7. The smallest absolute Gasteiger partial charge is 0.311 e. The van der Waals surface area contributed by atoms with Crippen molar-refractivity contribution in [3.63, 3.8) is 0 Å². The van der Waals surface area contributed by atoms with Gasteiger partial charge in [-0.2, -0.15) is 0 Å². The molecule has 5 heterocycles. The number of hydrogen-bond donors (Lipinski definition) is 4. The van der Waals surface area contributed by atoms with Crippen LogP contribution in [-0.2, 0) is 66.6 Å². The molecule has 0 aromatic carbocycles. The molecule has 23 nitrogen and oxygen atoms in total. The van der Waals surface area contributed by atoms with E-state index < -0.39 is 139 Å². The molecule has 4 aliphatic heterocycles. The van der Waals surface area contributed by atoms with Crippen LogP contribution in [0.3, 0.4) is 0 Å². The van der Waals surface area contributed by atoms with Crippen LogP contribution in [-0.4, -0.2) is 204 Å². The fourth-order valence-electron chi connectivity index (χ4n) is 12.7. The van der Waals surface area contributed by atoms with E-state index >= 15 is 9.59 Å². The third kappa shape index (κ3) is 16.5. The Labute approximate surface area is 478 Å². The quantitative estimate of drug-likeness (QED) is 0.124. The van der Waals surface area contributed by atoms with E-state index in [1.165, 1.54) is 46.8 Å². The number of nitrogens with one attached hydrogen (secondary N) is 1. The highest BCUT2D eigenvalue weighted by molar-refractivity contribution is 5.92. The largest absolute Gasteiger partial charge is 0.461 e. The Morgan fingerprint density at radius 1 is 0.840 bits per heavy atom. The van der Waals surface area contributed by atoms with Crippen LogP contribution in [0.1, 0.15) is 139 Å². The molecule has 5 fully saturated rings. The third-order valence-corrected chi connectivity index (χ3v) is 17.1. The van der Waals surface area contributed by atoms with Gasteiger partial charge in [0.25, 0.3) is 5.91 Å². The number of cyclic esters (lactones) is 1. The van der Waals surface area contributed by atoms with Crippen LogP contribution in [0.15, 0.2) is 23.7 Å². The monoisotopic (exact) mass is 1150 g/mol. The molecule has 0 bridgehead atoms. The molecule has 1 saturated carbocycles. The van der Waals surface area contributed by atoms with Crippen LogP contribution in [0.5, 0.6) is 0 Å². The molecule has 4 N–H and O–H groups in total. The van der Waals surface area contributed by atoms with Gasteiger partial charge in [-0.1, -0.05) is 53.6 Å². The zero-order chi connectivity index (χ0) is 59.8. The van der Waals surface area contributed by atoms with Crippen molar-refractivity contribution < 1.29 is 86.7 Å². The maximum absolute atomic E-state index is 15.4. The number of rotatable bonds is 17. The van der Waals surface area contributed by atoms with Crippen LogP contribution in [0.25, 0.3) is 0 Å². The van der Waals surface area contributed by atoms with Gasteiger partial charge in [-0.15, -0.1) is 0 Å². The minimum absolute atomic E-state index is 0.0304. The van der Waals surface area contributed by atoms with Gasteiger partial charge < -0.3 is 72.8 Å². The van der Waals surface area contributed by atoms with Gasteiger partial charge in [0.15, 0.2) is 24.7 Å². The van der Waals surface area contributed by atoms with Crippen molar-refractivity contribution in [2.75, 3.05) is 34.5 Å². The molecule has 1 aliphatic carbocycles. The van der Waals surface area contributed by atoms with Gasteiger partial charge in [0, 0.05) is 88.3 Å². The fraction of sp³-hybridized carbons (Fsp3) is 0.845. The average Bonchev–Trinajstić information content (AvgIpc) is 3.63. The van der Waals surface area contributed by atoms with Crippen molar-refractivity contribution >= 4 is 29.3 Å². The Morgan fingerprint density at radius 3 is 2.16 bits per heavy atom. The third-order valence-electron chi connectivity index (χ3n) is 17.1. The van der Waals surface area contributed by atoms with E-state index in [0.717, 1.165) is 0 Å². The van der Waals surface area contributed by atoms with E-state index in [1.807, 2.05) is 41.5 Å². The summed E-state index contributed by atoms with van der Waals surface area (Å²) in [5.41, 5.74) is -1.51. The summed E-state index contributed by atoms with van der Waals surface area (Å²) >= 11 is 0. The number of ketones is 1. The highest BCUT2D eigenvalue weighted by atomic mass is 16.7. The number of carbonyl (C=O) groups excluding carboxylic acids is 4. The van der Waals surface area contributed by atoms with E-state index in [1.54, 1.807) is 34.6 Å². The number of methoxy groups -OCH3 is 2. The van der Waals surface area contributed by atoms with Crippen LogP contribution in [0.4, 0.5) is 0 Å². The van der Waals surface area contributed by atoms with Gasteiger partial charge >= 0.3 is 11.9 Å². The molecule has 4 saturated heterocycles. The Hall–Kier alpha value is -3.85. The number of aliphatic hydroxyl groups is 3. The maximum Gasteiger partial charge on any atom is 0.311 e. The van der Waals surface area contributed by atoms with Crippen LogP contribution in [0, 0.1) is 41.4 Å². The lowest BCUT2D eigenvalue weighted by Crippen LogP contribution is -2.59. The fourth-order valence-corrected chi connectivity index (χ4v) is 12.7. The molecule has 0 spiro atoms. The Morgan fingerprint density at radius 2 is 1.53 bits per heavy atom. The number of amides is 1. The molecule has 5 aliphatic rings. The molecule has 22 atom stereocenters. The van der Waals surface area contributed by atoms with Gasteiger partial charge in [-0.05, 0) is 72.6 Å². The lowest BCUT2D eigenvalue weighted by atomic mass is 9.74. The number of nitrogens with zero attached hydrogens (tertiary/aromatic N) is 4. The second-order valence-corrected chi connectivity index (χ2v) is 24.5. The SMILES string of the molecule is CON=C1C[C@@H](C)O[C@@H](O[C@@H]2[C@@H](C)[C@H](O[C@H]3CC(C)N(C4CC(NC(=O)c5cnccn5)C4)C[C@H](C)O3)[C@@H](C)C(=O)O[C@H]([C@@H](C)CO[C@@H]3O[C@H](C)[C@@H](O)[C@@H](OC)[C@H]3OC)[C@H](C)[C@@H](OC(=O)CC(C)C)[C@@H](C)C(=O)[C@@](C)(O)C[C@@H]2C)[C@@H]1O. The highest BCUT2D eigenvalue weighted by Gasteiger charge is 2.52. The number of Topliss-reactive ketones (excluding diaryl/α,β-unsaturated/α-hetero) is 1. The number of oxime groups is 1. The standard InChI is InChI=1S/C58H95N5O18/c1-28(2)19-43(64)78-49-35(9)48(30(4)27-74-57-52(72-15)51(71-14)45(65)38(12)77-57)80-55(69)37(11)50(79-44-20-31(5)63(26-33(7)75-44)40-22-39(23-40)61-54(68)42-25-59-17-18-60-42)34(8)47(29(3)24-58(13,70)53(67)36(49)10)81-56-46(66)41(62-73-16)21-32(6)76-56/h17-18,25,28-40,44-52,56-57,65-66,70H,19-24,26-27H2,1-16H3,(H,61,68)/t29-,30-,31?,32+,33-,34+,35-,36+,37+,38+,39?,40?,44-,45+,46+,47-,48+,49+,50-,51+,52+,56-,57+,58-/m0/s1. The second-order valence-electron chi connectivity index (χ2n) is 24.5. The van der Waals surface area contributed by atoms with Crippen LogP contribution < -0.4 is 5.32 Å². The molecule has 81 heavy (non-hydrogen) atoms. The average molecular weight is 1150 g/mol. The van der Waals surface area contributed by atoms with Crippen molar-refractivity contribution in [2.24, 2.45) is 46.6 Å². The van der Waals surface area contributed by atoms with Crippen molar-refractivity contribution in [3.8, 4) is 0 Å². The highest BCUT2D eigenvalue weighted by Crippen LogP contribution is 2.40. The van der Waals surface area contributed by atoms with E-state index in [2.05, 4.69) is 32.3 Å². The molecule has 1 unspecified atom stereocenters. The summed E-state index contributed by atoms with van der Waals surface area (Å²) in [6.07, 6.45) is -6.79. The van der Waals surface area contributed by atoms with Gasteiger partial charge in [0.1, 0.15) is 55.0 Å². The molecule has 460 valence electrons. The number of ether oxygens (including phenoxy) is 10. The summed E-state index contributed by atoms with van der Waals surface area (Å²) < 4.78 is 63.9. The molecule has 1 amide bonds. The summed E-state index contributed by atoms with van der Waals surface area (Å²) in [6, 6.07) is -0.0148. The van der Waals surface area contributed by atoms with Crippen molar-refractivity contribution in [1.82, 2.24) is 20.2 Å². The van der Waals surface area contributed by atoms with E-state index in [9.17, 15) is 24.9 Å². The Kier molecular flexibility index (Phi) is 24.0. The Balaban J connectivity index is 1.38. The minimum Gasteiger partial charge on any atom is -0.461 e. The summed E-state index contributed by atoms with van der Waals surface area (Å²) in [5.74, 6) is -7.51. The summed E-state index contributed by atoms with van der Waals surface area (Å²) in [7, 11) is 4.29. The first-order valence-corrected chi connectivity index (χ1v) is 29.1. The number of carbonyl (C=O) groups is 4. The lowest BCUT2D eigenvalue weighted by molar-refractivity contribution is -0.305. The number of esters is 2. The Bertz CT molecular complexity index is 2220. The lowest BCUT2D eigenvalue weighted by Gasteiger charge is -2.45. The molecule has 0 radical (unpaired) electrons. The topological polar surface area (TPSA) is 284 Å². The van der Waals surface area contributed by atoms with Gasteiger partial charge in [-0.25, -0.2) is 4.98 Å². The van der Waals surface area contributed by atoms with Crippen LogP contribution in [0.2, 0.25) is 0 Å². The first-order valence-electron chi connectivity index (χ1n) is 29.1. The molecule has 1 aromatic rings. The van der Waals surface area contributed by atoms with E-state index in [0.29, 0.717) is 31.5 Å². The van der Waals surface area contributed by atoms with Crippen molar-refractivity contribution in [2.45, 2.75) is 238 Å². The molecular weight excluding hydrogens is 1050 g/mol. The molecule has 6 rings (SSSR count). The first kappa shape index (κ1) is 66.3. The van der Waals surface area contributed by atoms with Crippen LogP contribution >= 0.6 is 0 Å². The van der Waals surface area contributed by atoms with Crippen molar-refractivity contribution in [3.05, 3.63) is 24.3 Å². The second kappa shape index (κ2) is 29.3. The predicted octanol–water partition coefficient (Wildman–Crippen LogP) is 4.39. The number of hydrogen-bond acceptors (Lipinski definition) is 22. The number of aromatic nitrogens is 2. The van der Waals surface area contributed by atoms with Gasteiger partial charge in [0.05, 0.1) is 60.9 Å². The normalized spacial score (nSPS) is 41.5. The molecule has 23 heteroatoms. The number of aliphatic hydroxyl groups excluding tert-OH is 2. The minimum atomic E-state index is -2.05. The predicted molar refractivity (Wildman–Crippen MR) is 293 cm³/mol. The van der Waals surface area contributed by atoms with Crippen molar-refractivity contribution in [1.29, 1.82) is 0 Å². The zero-order valence-corrected chi connectivity index (χ0v) is 50.5. The maximum atomic E-state index is 15.4. The molecule has 1 aromatic heterocycles. The van der Waals surface area contributed by atoms with E-state index in [4.69, 9.17) is 52.2 Å².